The summed E-state index contributed by atoms with van der Waals surface area (Å²) in [5.41, 5.74) is 0. The van der Waals surface area contributed by atoms with Crippen LogP contribution in [0.1, 0.15) is 26.2 Å². The molecule has 0 spiro atoms. The summed E-state index contributed by atoms with van der Waals surface area (Å²) in [5, 5.41) is 7.69. The third-order valence-electron chi connectivity index (χ3n) is 2.34. The van der Waals surface area contributed by atoms with Crippen LogP contribution < -0.4 is 0 Å². The molecular weight excluding hydrogens is 196 g/mol. The molecule has 5 nitrogen and oxygen atoms in total. The number of ether oxygens (including phenoxy) is 1. The largest absolute Gasteiger partial charge is 0.505 e. The predicted molar refractivity (Wildman–Crippen MR) is 57.4 cm³/mol. The first-order valence-electron chi connectivity index (χ1n) is 5.38. The Hall–Kier alpha value is -1.26. The van der Waals surface area contributed by atoms with E-state index < -0.39 is 6.16 Å². The van der Waals surface area contributed by atoms with E-state index in [9.17, 15) is 4.79 Å². The average molecular weight is 214 g/mol. The number of amidine groups is 1. The van der Waals surface area contributed by atoms with Crippen molar-refractivity contribution in [2.24, 2.45) is 4.99 Å². The molecule has 0 radical (unpaired) electrons. The third-order valence-corrected chi connectivity index (χ3v) is 2.34. The fraction of sp³-hybridized carbons (Fsp3) is 0.800. The molecule has 0 aromatic rings. The van der Waals surface area contributed by atoms with Crippen LogP contribution in [0.25, 0.3) is 0 Å². The van der Waals surface area contributed by atoms with Crippen molar-refractivity contribution in [1.29, 1.82) is 0 Å². The van der Waals surface area contributed by atoms with Crippen LogP contribution in [-0.2, 0) is 4.74 Å². The van der Waals surface area contributed by atoms with Gasteiger partial charge in [0, 0.05) is 26.1 Å². The zero-order chi connectivity index (χ0) is 11.1. The minimum absolute atomic E-state index is 0.231. The van der Waals surface area contributed by atoms with E-state index in [0.717, 1.165) is 6.54 Å². The Morgan fingerprint density at radius 2 is 2.27 bits per heavy atom. The highest BCUT2D eigenvalue weighted by molar-refractivity contribution is 5.84. The van der Waals surface area contributed by atoms with Gasteiger partial charge in [0.05, 0.1) is 12.4 Å². The van der Waals surface area contributed by atoms with Gasteiger partial charge in [-0.25, -0.2) is 4.79 Å². The SMILES string of the molecule is C1CN=C2CCCN2C1.CCOC(=O)O. The van der Waals surface area contributed by atoms with Crippen LogP contribution in [0.3, 0.4) is 0 Å². The fourth-order valence-corrected chi connectivity index (χ4v) is 1.73. The monoisotopic (exact) mass is 214 g/mol. The first-order chi connectivity index (χ1) is 7.24. The van der Waals surface area contributed by atoms with Gasteiger partial charge >= 0.3 is 6.16 Å². The zero-order valence-electron chi connectivity index (χ0n) is 9.11. The molecule has 2 aliphatic heterocycles. The van der Waals surface area contributed by atoms with E-state index in [1.807, 2.05) is 0 Å². The van der Waals surface area contributed by atoms with Crippen molar-refractivity contribution in [2.75, 3.05) is 26.2 Å². The molecule has 1 N–H and O–H groups in total. The Morgan fingerprint density at radius 3 is 2.80 bits per heavy atom. The lowest BCUT2D eigenvalue weighted by Gasteiger charge is -2.21. The minimum atomic E-state index is -1.21. The van der Waals surface area contributed by atoms with Crippen molar-refractivity contribution in [2.45, 2.75) is 26.2 Å². The maximum absolute atomic E-state index is 9.38. The van der Waals surface area contributed by atoms with E-state index in [1.54, 1.807) is 6.92 Å². The Balaban J connectivity index is 0.000000167. The second-order valence-corrected chi connectivity index (χ2v) is 3.44. The molecule has 0 amide bonds. The number of rotatable bonds is 1. The predicted octanol–water partition coefficient (Wildman–Crippen LogP) is 1.59. The number of carboxylic acid groups (broad SMARTS) is 1. The van der Waals surface area contributed by atoms with E-state index in [-0.39, 0.29) is 6.61 Å². The highest BCUT2D eigenvalue weighted by Crippen LogP contribution is 2.14. The number of fused-ring (bicyclic) bond motifs is 1. The molecule has 15 heavy (non-hydrogen) atoms. The summed E-state index contributed by atoms with van der Waals surface area (Å²) >= 11 is 0. The minimum Gasteiger partial charge on any atom is -0.450 e. The molecular formula is C10H18N2O3. The highest BCUT2D eigenvalue weighted by atomic mass is 16.7. The standard InChI is InChI=1S/C7H12N2.C3H6O3/c1-3-7-8-4-2-6-9(7)5-1;1-2-6-3(4)5/h1-6H2;2H2,1H3,(H,4,5). The molecule has 1 fully saturated rings. The number of nitrogens with zero attached hydrogens (tertiary/aromatic N) is 2. The second-order valence-electron chi connectivity index (χ2n) is 3.44. The van der Waals surface area contributed by atoms with Crippen LogP contribution >= 0.6 is 0 Å². The first-order valence-corrected chi connectivity index (χ1v) is 5.38. The van der Waals surface area contributed by atoms with Crippen molar-refractivity contribution in [3.63, 3.8) is 0 Å². The van der Waals surface area contributed by atoms with Gasteiger partial charge in [0.15, 0.2) is 0 Å². The summed E-state index contributed by atoms with van der Waals surface area (Å²) in [6.07, 6.45) is 2.62. The Labute approximate surface area is 89.7 Å². The second kappa shape index (κ2) is 6.27. The lowest BCUT2D eigenvalue weighted by atomic mass is 10.3. The topological polar surface area (TPSA) is 62.1 Å². The van der Waals surface area contributed by atoms with E-state index in [4.69, 9.17) is 5.11 Å². The molecule has 2 rings (SSSR count). The van der Waals surface area contributed by atoms with E-state index in [0.29, 0.717) is 0 Å². The summed E-state index contributed by atoms with van der Waals surface area (Å²) in [4.78, 5) is 16.2. The van der Waals surface area contributed by atoms with Gasteiger partial charge in [-0.15, -0.1) is 0 Å². The van der Waals surface area contributed by atoms with Crippen LogP contribution in [0.15, 0.2) is 4.99 Å². The van der Waals surface area contributed by atoms with Crippen molar-refractivity contribution < 1.29 is 14.6 Å². The van der Waals surface area contributed by atoms with Gasteiger partial charge in [0.1, 0.15) is 0 Å². The lowest BCUT2D eigenvalue weighted by Crippen LogP contribution is -2.29. The van der Waals surface area contributed by atoms with Crippen molar-refractivity contribution in [1.82, 2.24) is 4.90 Å². The molecule has 0 atom stereocenters. The maximum Gasteiger partial charge on any atom is 0.505 e. The van der Waals surface area contributed by atoms with Crippen molar-refractivity contribution in [3.8, 4) is 0 Å². The lowest BCUT2D eigenvalue weighted by molar-refractivity contribution is 0.0966. The Kier molecular flexibility index (Phi) is 4.93. The average Bonchev–Trinajstić information content (AvgIpc) is 2.65. The molecule has 0 saturated carbocycles. The van der Waals surface area contributed by atoms with Crippen LogP contribution in [0.5, 0.6) is 0 Å². The van der Waals surface area contributed by atoms with Crippen LogP contribution in [0.4, 0.5) is 4.79 Å². The number of carbonyl (C=O) groups is 1. The van der Waals surface area contributed by atoms with Gasteiger partial charge in [-0.1, -0.05) is 0 Å². The molecule has 5 heteroatoms. The van der Waals surface area contributed by atoms with E-state index in [1.165, 1.54) is 38.2 Å². The molecule has 0 bridgehead atoms. The van der Waals surface area contributed by atoms with Gasteiger partial charge in [-0.3, -0.25) is 4.99 Å². The summed E-state index contributed by atoms with van der Waals surface area (Å²) in [5.74, 6) is 1.38. The van der Waals surface area contributed by atoms with Gasteiger partial charge in [-0.05, 0) is 19.8 Å². The van der Waals surface area contributed by atoms with Crippen molar-refractivity contribution >= 4 is 12.0 Å². The quantitative estimate of drug-likeness (QED) is 0.673. The summed E-state index contributed by atoms with van der Waals surface area (Å²) in [6.45, 7) is 5.45. The molecule has 1 saturated heterocycles. The third kappa shape index (κ3) is 4.18. The normalized spacial score (nSPS) is 18.5. The zero-order valence-corrected chi connectivity index (χ0v) is 9.11. The first kappa shape index (κ1) is 11.8. The Bertz CT molecular complexity index is 241. The molecule has 86 valence electrons. The molecule has 2 heterocycles. The summed E-state index contributed by atoms with van der Waals surface area (Å²) in [7, 11) is 0. The summed E-state index contributed by atoms with van der Waals surface area (Å²) < 4.78 is 3.96. The fourth-order valence-electron chi connectivity index (χ4n) is 1.73. The highest BCUT2D eigenvalue weighted by Gasteiger charge is 2.19. The molecule has 0 aromatic carbocycles. The molecule has 0 aliphatic carbocycles. The smallest absolute Gasteiger partial charge is 0.450 e. The van der Waals surface area contributed by atoms with Crippen molar-refractivity contribution in [3.05, 3.63) is 0 Å². The van der Waals surface area contributed by atoms with E-state index >= 15 is 0 Å². The Morgan fingerprint density at radius 1 is 1.53 bits per heavy atom. The van der Waals surface area contributed by atoms with Gasteiger partial charge in [0.2, 0.25) is 0 Å². The number of hydrogen-bond acceptors (Lipinski definition) is 4. The van der Waals surface area contributed by atoms with Gasteiger partial charge in [0.25, 0.3) is 0 Å². The van der Waals surface area contributed by atoms with Gasteiger partial charge in [-0.2, -0.15) is 0 Å². The van der Waals surface area contributed by atoms with Gasteiger partial charge < -0.3 is 14.7 Å². The van der Waals surface area contributed by atoms with E-state index in [2.05, 4.69) is 14.6 Å². The summed E-state index contributed by atoms with van der Waals surface area (Å²) in [6, 6.07) is 0. The molecule has 2 aliphatic rings. The number of hydrogen-bond donors (Lipinski definition) is 1. The van der Waals surface area contributed by atoms with Crippen LogP contribution in [-0.4, -0.2) is 48.2 Å². The maximum atomic E-state index is 9.38. The van der Waals surface area contributed by atoms with Crippen LogP contribution in [0.2, 0.25) is 0 Å². The van der Waals surface area contributed by atoms with Crippen LogP contribution in [0, 0.1) is 0 Å². The molecule has 0 unspecified atom stereocenters. The number of aliphatic imine (C=N–C) groups is 1. The molecule has 0 aromatic heterocycles.